The van der Waals surface area contributed by atoms with Gasteiger partial charge in [0.2, 0.25) is 12.7 Å². The van der Waals surface area contributed by atoms with Crippen LogP contribution in [0.4, 0.5) is 21.9 Å². The minimum Gasteiger partial charge on any atom is -0.454 e. The maximum Gasteiger partial charge on any atom is 0.323 e. The molecule has 0 fully saturated rings. The van der Waals surface area contributed by atoms with Crippen molar-refractivity contribution in [1.29, 1.82) is 0 Å². The zero-order chi connectivity index (χ0) is 20.8. The second-order valence-corrected chi connectivity index (χ2v) is 6.46. The molecule has 0 saturated heterocycles. The Bertz CT molecular complexity index is 1100. The van der Waals surface area contributed by atoms with E-state index in [-0.39, 0.29) is 18.7 Å². The lowest BCUT2D eigenvalue weighted by molar-refractivity contribution is -0.111. The highest BCUT2D eigenvalue weighted by molar-refractivity contribution is 6.03. The third-order valence-corrected chi connectivity index (χ3v) is 4.24. The van der Waals surface area contributed by atoms with Crippen LogP contribution in [0.5, 0.6) is 11.5 Å². The Morgan fingerprint density at radius 3 is 2.27 bits per heavy atom. The molecule has 0 spiro atoms. The van der Waals surface area contributed by atoms with E-state index in [0.717, 1.165) is 5.56 Å². The largest absolute Gasteiger partial charge is 0.454 e. The third-order valence-electron chi connectivity index (χ3n) is 4.24. The van der Waals surface area contributed by atoms with E-state index in [4.69, 9.17) is 9.47 Å². The minimum absolute atomic E-state index is 0.205. The van der Waals surface area contributed by atoms with Gasteiger partial charge in [0.1, 0.15) is 0 Å². The Morgan fingerprint density at radius 2 is 1.43 bits per heavy atom. The van der Waals surface area contributed by atoms with Crippen molar-refractivity contribution in [3.05, 3.63) is 84.4 Å². The normalized spacial score (nSPS) is 11.9. The molecule has 1 aliphatic heterocycles. The standard InChI is InChI=1S/C23H19N3O4/c27-22(12-10-16-9-11-20-21(13-16)30-15-29-20)24-18-7-4-8-19(14-18)26-23(28)25-17-5-2-1-3-6-17/h1-14H,15H2,(H,24,27)(H2,25,26,28)/b12-10+. The van der Waals surface area contributed by atoms with Crippen molar-refractivity contribution in [1.82, 2.24) is 0 Å². The monoisotopic (exact) mass is 401 g/mol. The van der Waals surface area contributed by atoms with Crippen molar-refractivity contribution in [2.24, 2.45) is 0 Å². The van der Waals surface area contributed by atoms with Crippen molar-refractivity contribution in [2.75, 3.05) is 22.7 Å². The predicted molar refractivity (Wildman–Crippen MR) is 116 cm³/mol. The van der Waals surface area contributed by atoms with Gasteiger partial charge in [-0.15, -0.1) is 0 Å². The van der Waals surface area contributed by atoms with Crippen LogP contribution in [0.15, 0.2) is 78.9 Å². The Labute approximate surface area is 173 Å². The van der Waals surface area contributed by atoms with Gasteiger partial charge < -0.3 is 25.4 Å². The van der Waals surface area contributed by atoms with Gasteiger partial charge in [-0.2, -0.15) is 0 Å². The van der Waals surface area contributed by atoms with E-state index < -0.39 is 0 Å². The molecule has 7 nitrogen and oxygen atoms in total. The Balaban J connectivity index is 1.34. The second kappa shape index (κ2) is 8.83. The van der Waals surface area contributed by atoms with E-state index in [1.54, 1.807) is 48.5 Å². The average molecular weight is 401 g/mol. The highest BCUT2D eigenvalue weighted by atomic mass is 16.7. The number of benzene rings is 3. The lowest BCUT2D eigenvalue weighted by atomic mass is 10.2. The lowest BCUT2D eigenvalue weighted by Gasteiger charge is -2.09. The molecule has 30 heavy (non-hydrogen) atoms. The van der Waals surface area contributed by atoms with E-state index in [1.165, 1.54) is 6.08 Å². The molecular formula is C23H19N3O4. The summed E-state index contributed by atoms with van der Waals surface area (Å²) in [6, 6.07) is 21.1. The minimum atomic E-state index is -0.368. The fourth-order valence-electron chi connectivity index (χ4n) is 2.86. The topological polar surface area (TPSA) is 88.7 Å². The molecule has 0 radical (unpaired) electrons. The molecule has 0 atom stereocenters. The number of nitrogens with one attached hydrogen (secondary N) is 3. The van der Waals surface area contributed by atoms with Crippen LogP contribution in [0.3, 0.4) is 0 Å². The lowest BCUT2D eigenvalue weighted by Crippen LogP contribution is -2.19. The van der Waals surface area contributed by atoms with E-state index in [2.05, 4.69) is 16.0 Å². The maximum absolute atomic E-state index is 12.2. The zero-order valence-electron chi connectivity index (χ0n) is 15.9. The average Bonchev–Trinajstić information content (AvgIpc) is 3.21. The number of rotatable bonds is 5. The number of hydrogen-bond donors (Lipinski definition) is 3. The molecule has 3 aromatic carbocycles. The molecule has 0 saturated carbocycles. The number of anilines is 3. The first kappa shape index (κ1) is 19.1. The molecule has 3 N–H and O–H groups in total. The van der Waals surface area contributed by atoms with E-state index >= 15 is 0 Å². The number of carbonyl (C=O) groups excluding carboxylic acids is 2. The maximum atomic E-state index is 12.2. The van der Waals surface area contributed by atoms with Crippen molar-refractivity contribution >= 4 is 35.1 Å². The van der Waals surface area contributed by atoms with Crippen molar-refractivity contribution in [3.8, 4) is 11.5 Å². The van der Waals surface area contributed by atoms with Crippen molar-refractivity contribution in [2.45, 2.75) is 0 Å². The van der Waals surface area contributed by atoms with Crippen LogP contribution >= 0.6 is 0 Å². The molecule has 150 valence electrons. The second-order valence-electron chi connectivity index (χ2n) is 6.46. The van der Waals surface area contributed by atoms with Gasteiger partial charge in [-0.1, -0.05) is 30.3 Å². The van der Waals surface area contributed by atoms with Gasteiger partial charge in [-0.05, 0) is 54.1 Å². The molecule has 0 aliphatic carbocycles. The van der Waals surface area contributed by atoms with E-state index in [0.29, 0.717) is 28.6 Å². The summed E-state index contributed by atoms with van der Waals surface area (Å²) in [5, 5.41) is 8.25. The summed E-state index contributed by atoms with van der Waals surface area (Å²) in [6.45, 7) is 0.205. The summed E-state index contributed by atoms with van der Waals surface area (Å²) in [6.07, 6.45) is 3.12. The molecule has 4 rings (SSSR count). The van der Waals surface area contributed by atoms with Gasteiger partial charge in [0, 0.05) is 23.1 Å². The molecule has 1 heterocycles. The van der Waals surface area contributed by atoms with Crippen LogP contribution in [-0.4, -0.2) is 18.7 Å². The first-order chi connectivity index (χ1) is 14.7. The first-order valence-electron chi connectivity index (χ1n) is 9.27. The smallest absolute Gasteiger partial charge is 0.323 e. The zero-order valence-corrected chi connectivity index (χ0v) is 15.9. The molecule has 0 aromatic heterocycles. The number of amides is 3. The fraction of sp³-hybridized carbons (Fsp3) is 0.0435. The molecule has 0 unspecified atom stereocenters. The van der Waals surface area contributed by atoms with Gasteiger partial charge in [-0.3, -0.25) is 4.79 Å². The van der Waals surface area contributed by atoms with Crippen LogP contribution < -0.4 is 25.4 Å². The third kappa shape index (κ3) is 4.96. The van der Waals surface area contributed by atoms with Gasteiger partial charge in [-0.25, -0.2) is 4.79 Å². The Kier molecular flexibility index (Phi) is 5.61. The van der Waals surface area contributed by atoms with Crippen LogP contribution in [-0.2, 0) is 4.79 Å². The van der Waals surface area contributed by atoms with Crippen LogP contribution in [0, 0.1) is 0 Å². The SMILES string of the molecule is O=C(/C=C/c1ccc2c(c1)OCO2)Nc1cccc(NC(=O)Nc2ccccc2)c1. The quantitative estimate of drug-likeness (QED) is 0.540. The first-order valence-corrected chi connectivity index (χ1v) is 9.27. The summed E-state index contributed by atoms with van der Waals surface area (Å²) in [7, 11) is 0. The number of urea groups is 1. The predicted octanol–water partition coefficient (Wildman–Crippen LogP) is 4.71. The Morgan fingerprint density at radius 1 is 0.733 bits per heavy atom. The molecule has 1 aliphatic rings. The summed E-state index contributed by atoms with van der Waals surface area (Å²) >= 11 is 0. The van der Waals surface area contributed by atoms with Crippen LogP contribution in [0.1, 0.15) is 5.56 Å². The molecular weight excluding hydrogens is 382 g/mol. The molecule has 7 heteroatoms. The number of carbonyl (C=O) groups is 2. The summed E-state index contributed by atoms with van der Waals surface area (Å²) < 4.78 is 10.6. The molecule has 0 bridgehead atoms. The summed E-state index contributed by atoms with van der Waals surface area (Å²) in [4.78, 5) is 24.4. The van der Waals surface area contributed by atoms with Crippen molar-refractivity contribution < 1.29 is 19.1 Å². The summed E-state index contributed by atoms with van der Waals surface area (Å²) in [5.41, 5.74) is 2.63. The Hall–Kier alpha value is -4.26. The molecule has 3 aromatic rings. The van der Waals surface area contributed by atoms with Gasteiger partial charge >= 0.3 is 6.03 Å². The van der Waals surface area contributed by atoms with Gasteiger partial charge in [0.25, 0.3) is 0 Å². The highest BCUT2D eigenvalue weighted by Crippen LogP contribution is 2.32. The molecule has 3 amide bonds. The highest BCUT2D eigenvalue weighted by Gasteiger charge is 2.12. The van der Waals surface area contributed by atoms with E-state index in [9.17, 15) is 9.59 Å². The number of hydrogen-bond acceptors (Lipinski definition) is 4. The fourth-order valence-corrected chi connectivity index (χ4v) is 2.86. The summed E-state index contributed by atoms with van der Waals surface area (Å²) in [5.74, 6) is 1.06. The van der Waals surface area contributed by atoms with Crippen molar-refractivity contribution in [3.63, 3.8) is 0 Å². The number of fused-ring (bicyclic) bond motifs is 1. The van der Waals surface area contributed by atoms with Gasteiger partial charge in [0.15, 0.2) is 11.5 Å². The van der Waals surface area contributed by atoms with Crippen LogP contribution in [0.25, 0.3) is 6.08 Å². The number of para-hydroxylation sites is 1. The van der Waals surface area contributed by atoms with Crippen LogP contribution in [0.2, 0.25) is 0 Å². The van der Waals surface area contributed by atoms with Gasteiger partial charge in [0.05, 0.1) is 0 Å². The van der Waals surface area contributed by atoms with E-state index in [1.807, 2.05) is 30.3 Å². The number of ether oxygens (including phenoxy) is 2.